The molecule has 1 amide bonds. The molecule has 6 aliphatic rings. The van der Waals surface area contributed by atoms with Gasteiger partial charge in [-0.1, -0.05) is 18.0 Å². The third-order valence-corrected chi connectivity index (χ3v) is 9.10. The summed E-state index contributed by atoms with van der Waals surface area (Å²) in [5.74, 6) is -0.981. The molecule has 1 aliphatic carbocycles. The van der Waals surface area contributed by atoms with Gasteiger partial charge in [-0.05, 0) is 63.3 Å². The van der Waals surface area contributed by atoms with Crippen LogP contribution in [0.25, 0.3) is 10.4 Å². The number of ether oxygens (including phenoxy) is 3. The zero-order valence-corrected chi connectivity index (χ0v) is 28.3. The third kappa shape index (κ3) is 16.6. The summed E-state index contributed by atoms with van der Waals surface area (Å²) in [5, 5.41) is 6.40. The Morgan fingerprint density at radius 2 is 1.26 bits per heavy atom. The number of nitrogens with one attached hydrogen (secondary N) is 1. The van der Waals surface area contributed by atoms with Crippen LogP contribution in [0.15, 0.2) is 5.11 Å². The van der Waals surface area contributed by atoms with Crippen molar-refractivity contribution in [1.82, 2.24) is 24.9 Å². The number of rotatable bonds is 8. The van der Waals surface area contributed by atoms with Crippen molar-refractivity contribution in [2.45, 2.75) is 82.8 Å². The van der Waals surface area contributed by atoms with Crippen LogP contribution < -0.4 is 5.32 Å². The summed E-state index contributed by atoms with van der Waals surface area (Å²) < 4.78 is 17.1. The van der Waals surface area contributed by atoms with Crippen molar-refractivity contribution in [2.24, 2.45) is 5.11 Å². The van der Waals surface area contributed by atoms with Crippen molar-refractivity contribution in [3.63, 3.8) is 0 Å². The van der Waals surface area contributed by atoms with Crippen molar-refractivity contribution >= 4 is 23.8 Å². The minimum atomic E-state index is -0.347. The Balaban J connectivity index is 1.84. The number of methoxy groups -OCH3 is 1. The van der Waals surface area contributed by atoms with E-state index in [0.717, 1.165) is 64.2 Å². The van der Waals surface area contributed by atoms with Crippen molar-refractivity contribution in [1.29, 1.82) is 0 Å². The molecule has 266 valence electrons. The van der Waals surface area contributed by atoms with Crippen molar-refractivity contribution in [2.75, 3.05) is 98.7 Å². The topological polar surface area (TPSA) is 170 Å². The molecule has 0 aromatic carbocycles. The number of azide groups is 1. The summed E-state index contributed by atoms with van der Waals surface area (Å²) in [6, 6.07) is 0. The predicted octanol–water partition coefficient (Wildman–Crippen LogP) is 1.95. The highest BCUT2D eigenvalue weighted by molar-refractivity contribution is 5.78. The number of nitrogens with zero attached hydrogens (tertiary/aromatic N) is 7. The zero-order chi connectivity index (χ0) is 33.7. The van der Waals surface area contributed by atoms with E-state index in [2.05, 4.69) is 15.3 Å². The standard InChI is InChI=1S/C32H56N8O7/c1-45-30(42)24-38-19-21-39-17-15-37(23-29(41)34-13-8-14-35-36-33)16-18-40(22-20-38)26-32(44)47-28-10-5-2-4-9-27(46-31(43)25-39)11-6-3-7-12-28/h27-28H,2-26H2,1H3,(H,34,41)/t27-,28+. The largest absolute Gasteiger partial charge is 0.468 e. The second kappa shape index (κ2) is 22.6. The molecule has 0 spiro atoms. The van der Waals surface area contributed by atoms with Crippen LogP contribution >= 0.6 is 0 Å². The van der Waals surface area contributed by atoms with E-state index >= 15 is 0 Å². The van der Waals surface area contributed by atoms with Gasteiger partial charge < -0.3 is 19.5 Å². The molecule has 5 heterocycles. The molecule has 4 bridgehead atoms. The van der Waals surface area contributed by atoms with E-state index in [1.165, 1.54) is 7.11 Å². The third-order valence-electron chi connectivity index (χ3n) is 9.10. The van der Waals surface area contributed by atoms with Gasteiger partial charge in [-0.3, -0.25) is 38.8 Å². The molecular formula is C32H56N8O7. The van der Waals surface area contributed by atoms with Crippen LogP contribution in [0, 0.1) is 0 Å². The average molecular weight is 665 g/mol. The molecule has 2 atom stereocenters. The lowest BCUT2D eigenvalue weighted by atomic mass is 9.98. The maximum Gasteiger partial charge on any atom is 0.320 e. The minimum absolute atomic E-state index is 0.100. The van der Waals surface area contributed by atoms with E-state index in [4.69, 9.17) is 19.7 Å². The van der Waals surface area contributed by atoms with E-state index in [1.54, 1.807) is 0 Å². The van der Waals surface area contributed by atoms with E-state index in [1.807, 2.05) is 19.6 Å². The Hall–Kier alpha value is -2.97. The van der Waals surface area contributed by atoms with E-state index in [0.29, 0.717) is 71.9 Å². The van der Waals surface area contributed by atoms with E-state index in [-0.39, 0.29) is 62.2 Å². The Morgan fingerprint density at radius 1 is 0.787 bits per heavy atom. The molecular weight excluding hydrogens is 608 g/mol. The van der Waals surface area contributed by atoms with Gasteiger partial charge in [0, 0.05) is 70.4 Å². The van der Waals surface area contributed by atoms with Gasteiger partial charge in [-0.15, -0.1) is 0 Å². The fourth-order valence-electron chi connectivity index (χ4n) is 6.32. The number of carbonyl (C=O) groups is 4. The van der Waals surface area contributed by atoms with Crippen LogP contribution in [-0.4, -0.2) is 154 Å². The molecule has 5 aliphatic heterocycles. The molecule has 1 saturated carbocycles. The molecule has 15 nitrogen and oxygen atoms in total. The molecule has 2 unspecified atom stereocenters. The zero-order valence-electron chi connectivity index (χ0n) is 28.3. The molecule has 47 heavy (non-hydrogen) atoms. The first-order chi connectivity index (χ1) is 22.8. The van der Waals surface area contributed by atoms with Crippen LogP contribution in [0.5, 0.6) is 0 Å². The monoisotopic (exact) mass is 664 g/mol. The molecule has 0 aromatic rings. The Kier molecular flexibility index (Phi) is 18.5. The molecule has 0 radical (unpaired) electrons. The smallest absolute Gasteiger partial charge is 0.320 e. The van der Waals surface area contributed by atoms with Crippen LogP contribution in [0.3, 0.4) is 0 Å². The summed E-state index contributed by atoms with van der Waals surface area (Å²) >= 11 is 0. The summed E-state index contributed by atoms with van der Waals surface area (Å²) in [4.78, 5) is 62.7. The fourth-order valence-corrected chi connectivity index (χ4v) is 6.32. The highest BCUT2D eigenvalue weighted by atomic mass is 16.5. The van der Waals surface area contributed by atoms with Crippen molar-refractivity contribution < 1.29 is 33.4 Å². The first kappa shape index (κ1) is 38.5. The average Bonchev–Trinajstić information content (AvgIpc) is 3.03. The van der Waals surface area contributed by atoms with Gasteiger partial charge >= 0.3 is 17.9 Å². The maximum absolute atomic E-state index is 13.3. The molecule has 0 aromatic heterocycles. The summed E-state index contributed by atoms with van der Waals surface area (Å²) in [7, 11) is 1.37. The maximum atomic E-state index is 13.3. The van der Waals surface area contributed by atoms with Gasteiger partial charge in [0.2, 0.25) is 5.91 Å². The SMILES string of the molecule is COC(=O)CN1CCN2CCN(CC(=O)NCCCN=[N+]=[N-])CCN(CC1)CC(=O)O[C@H]1CCCCC[C@H](CCCCC1)OC(=O)C2. The highest BCUT2D eigenvalue weighted by Gasteiger charge is 2.25. The second-order valence-corrected chi connectivity index (χ2v) is 12.8. The minimum Gasteiger partial charge on any atom is -0.468 e. The lowest BCUT2D eigenvalue weighted by Crippen LogP contribution is -2.50. The molecule has 5 saturated heterocycles. The summed E-state index contributed by atoms with van der Waals surface area (Å²) in [6.07, 6.45) is 9.46. The molecule has 1 N–H and O–H groups in total. The van der Waals surface area contributed by atoms with E-state index < -0.39 is 0 Å². The molecule has 6 fully saturated rings. The Bertz CT molecular complexity index is 965. The van der Waals surface area contributed by atoms with Gasteiger partial charge in [0.05, 0.1) is 33.3 Å². The second-order valence-electron chi connectivity index (χ2n) is 12.8. The number of amides is 1. The first-order valence-electron chi connectivity index (χ1n) is 17.5. The van der Waals surface area contributed by atoms with Crippen LogP contribution in [0.2, 0.25) is 0 Å². The Labute approximate surface area is 279 Å². The number of carbonyl (C=O) groups excluding carboxylic acids is 4. The lowest BCUT2D eigenvalue weighted by molar-refractivity contribution is -0.152. The van der Waals surface area contributed by atoms with Gasteiger partial charge in [-0.2, -0.15) is 0 Å². The van der Waals surface area contributed by atoms with Crippen LogP contribution in [0.1, 0.15) is 70.6 Å². The van der Waals surface area contributed by atoms with E-state index in [9.17, 15) is 19.2 Å². The lowest BCUT2D eigenvalue weighted by Gasteiger charge is -2.33. The summed E-state index contributed by atoms with van der Waals surface area (Å²) in [6.45, 7) is 5.32. The number of hydrogen-bond donors (Lipinski definition) is 1. The first-order valence-corrected chi connectivity index (χ1v) is 17.5. The van der Waals surface area contributed by atoms with Gasteiger partial charge in [-0.25, -0.2) is 0 Å². The fraction of sp³-hybridized carbons (Fsp3) is 0.875. The van der Waals surface area contributed by atoms with Crippen LogP contribution in [-0.2, 0) is 33.4 Å². The van der Waals surface area contributed by atoms with Gasteiger partial charge in [0.1, 0.15) is 12.2 Å². The Morgan fingerprint density at radius 3 is 1.70 bits per heavy atom. The van der Waals surface area contributed by atoms with Gasteiger partial charge in [0.25, 0.3) is 0 Å². The number of esters is 3. The summed E-state index contributed by atoms with van der Waals surface area (Å²) in [5.41, 5.74) is 8.48. The van der Waals surface area contributed by atoms with Crippen molar-refractivity contribution in [3.8, 4) is 0 Å². The van der Waals surface area contributed by atoms with Crippen molar-refractivity contribution in [3.05, 3.63) is 10.4 Å². The molecule has 15 heteroatoms. The normalized spacial score (nSPS) is 26.8. The number of hydrogen-bond acceptors (Lipinski definition) is 12. The quantitative estimate of drug-likeness (QED) is 0.101. The predicted molar refractivity (Wildman–Crippen MR) is 175 cm³/mol. The van der Waals surface area contributed by atoms with Gasteiger partial charge in [0.15, 0.2) is 0 Å². The van der Waals surface area contributed by atoms with Crippen LogP contribution in [0.4, 0.5) is 0 Å². The molecule has 6 rings (SSSR count). The highest BCUT2D eigenvalue weighted by Crippen LogP contribution is 2.21.